The fraction of sp³-hybridized carbons (Fsp3) is 0.882. The summed E-state index contributed by atoms with van der Waals surface area (Å²) >= 11 is 0. The molecule has 6 heteroatoms. The van der Waals surface area contributed by atoms with E-state index in [4.69, 9.17) is 18.9 Å². The van der Waals surface area contributed by atoms with Crippen LogP contribution in [0.15, 0.2) is 0 Å². The third-order valence-electron chi connectivity index (χ3n) is 3.64. The van der Waals surface area contributed by atoms with Crippen molar-refractivity contribution in [3.05, 3.63) is 0 Å². The Kier molecular flexibility index (Phi) is 9.87. The van der Waals surface area contributed by atoms with Crippen LogP contribution in [0.1, 0.15) is 52.9 Å². The Balaban J connectivity index is 1.99. The molecule has 1 aliphatic rings. The van der Waals surface area contributed by atoms with Crippen molar-refractivity contribution in [2.45, 2.75) is 65.1 Å². The number of ether oxygens (including phenoxy) is 4. The first-order valence-electron chi connectivity index (χ1n) is 8.49. The minimum atomic E-state index is -0.278. The lowest BCUT2D eigenvalue weighted by atomic mass is 9.95. The molecule has 0 atom stereocenters. The first-order chi connectivity index (χ1) is 11.0. The molecule has 0 heterocycles. The lowest BCUT2D eigenvalue weighted by molar-refractivity contribution is -0.147. The monoisotopic (exact) mass is 330 g/mol. The summed E-state index contributed by atoms with van der Waals surface area (Å²) in [4.78, 5) is 22.0. The van der Waals surface area contributed by atoms with E-state index in [1.165, 1.54) is 6.92 Å². The van der Waals surface area contributed by atoms with Gasteiger partial charge in [0.15, 0.2) is 0 Å². The minimum Gasteiger partial charge on any atom is -0.463 e. The van der Waals surface area contributed by atoms with Crippen LogP contribution in [0.25, 0.3) is 0 Å². The Morgan fingerprint density at radius 3 is 1.78 bits per heavy atom. The third kappa shape index (κ3) is 10.3. The zero-order valence-electron chi connectivity index (χ0n) is 14.5. The average molecular weight is 330 g/mol. The normalized spacial score (nSPS) is 21.2. The van der Waals surface area contributed by atoms with E-state index in [0.29, 0.717) is 38.8 Å². The molecular weight excluding hydrogens is 300 g/mol. The van der Waals surface area contributed by atoms with Crippen molar-refractivity contribution in [2.75, 3.05) is 26.4 Å². The van der Waals surface area contributed by atoms with E-state index in [1.54, 1.807) is 0 Å². The molecule has 0 aromatic heterocycles. The number of carbonyl (C=O) groups is 2. The third-order valence-corrected chi connectivity index (χ3v) is 3.64. The van der Waals surface area contributed by atoms with Crippen molar-refractivity contribution in [1.82, 2.24) is 0 Å². The minimum absolute atomic E-state index is 0.159. The molecule has 0 aliphatic heterocycles. The van der Waals surface area contributed by atoms with E-state index in [9.17, 15) is 9.59 Å². The van der Waals surface area contributed by atoms with Crippen LogP contribution in [0, 0.1) is 5.92 Å². The predicted octanol–water partition coefficient (Wildman–Crippen LogP) is 2.48. The average Bonchev–Trinajstić information content (AvgIpc) is 2.48. The van der Waals surface area contributed by atoms with Crippen LogP contribution in [0.4, 0.5) is 0 Å². The fourth-order valence-corrected chi connectivity index (χ4v) is 2.53. The van der Waals surface area contributed by atoms with E-state index >= 15 is 0 Å². The molecule has 6 nitrogen and oxygen atoms in total. The second-order valence-electron chi connectivity index (χ2n) is 6.30. The summed E-state index contributed by atoms with van der Waals surface area (Å²) in [5.74, 6) is -0.118. The van der Waals surface area contributed by atoms with Gasteiger partial charge in [-0.25, -0.2) is 0 Å². The Labute approximate surface area is 138 Å². The molecule has 1 rings (SSSR count). The molecule has 0 aromatic rings. The van der Waals surface area contributed by atoms with Crippen molar-refractivity contribution < 1.29 is 28.5 Å². The second kappa shape index (κ2) is 11.4. The van der Waals surface area contributed by atoms with E-state index in [1.807, 2.05) is 13.8 Å². The highest BCUT2D eigenvalue weighted by atomic mass is 16.6. The smallest absolute Gasteiger partial charge is 0.306 e. The molecule has 0 bridgehead atoms. The van der Waals surface area contributed by atoms with Gasteiger partial charge in [-0.05, 0) is 31.6 Å². The van der Waals surface area contributed by atoms with Crippen LogP contribution < -0.4 is 0 Å². The maximum atomic E-state index is 11.4. The van der Waals surface area contributed by atoms with Crippen LogP contribution in [0.3, 0.4) is 0 Å². The van der Waals surface area contributed by atoms with Crippen molar-refractivity contribution in [2.24, 2.45) is 5.92 Å². The van der Waals surface area contributed by atoms with Crippen molar-refractivity contribution >= 4 is 11.9 Å². The van der Waals surface area contributed by atoms with Gasteiger partial charge in [0.25, 0.3) is 0 Å². The summed E-state index contributed by atoms with van der Waals surface area (Å²) < 4.78 is 21.4. The first kappa shape index (κ1) is 19.9. The molecule has 23 heavy (non-hydrogen) atoms. The van der Waals surface area contributed by atoms with Gasteiger partial charge in [-0.2, -0.15) is 0 Å². The van der Waals surface area contributed by atoms with Crippen molar-refractivity contribution in [3.8, 4) is 0 Å². The van der Waals surface area contributed by atoms with Crippen LogP contribution in [0.5, 0.6) is 0 Å². The van der Waals surface area contributed by atoms with Gasteiger partial charge in [0, 0.05) is 13.3 Å². The topological polar surface area (TPSA) is 71.1 Å². The van der Waals surface area contributed by atoms with E-state index < -0.39 is 0 Å². The summed E-state index contributed by atoms with van der Waals surface area (Å²) in [6.07, 6.45) is 4.66. The quantitative estimate of drug-likeness (QED) is 0.453. The molecular formula is C17H30O6. The number of esters is 2. The number of carbonyl (C=O) groups excluding carboxylic acids is 2. The molecule has 0 spiro atoms. The summed E-state index contributed by atoms with van der Waals surface area (Å²) in [6, 6.07) is 0. The summed E-state index contributed by atoms with van der Waals surface area (Å²) in [7, 11) is 0. The van der Waals surface area contributed by atoms with Gasteiger partial charge >= 0.3 is 11.9 Å². The standard InChI is InChI=1S/C17H30O6/c1-13(2)12-17(19)23-11-10-22-16-6-4-15(5-7-16)21-9-8-20-14(3)18/h13,15-16H,4-12H2,1-3H3. The maximum absolute atomic E-state index is 11.4. The zero-order valence-corrected chi connectivity index (χ0v) is 14.5. The van der Waals surface area contributed by atoms with E-state index in [2.05, 4.69) is 0 Å². The van der Waals surface area contributed by atoms with E-state index in [0.717, 1.165) is 25.7 Å². The highest BCUT2D eigenvalue weighted by Crippen LogP contribution is 2.23. The van der Waals surface area contributed by atoms with Crippen LogP contribution >= 0.6 is 0 Å². The van der Waals surface area contributed by atoms with Crippen molar-refractivity contribution in [1.29, 1.82) is 0 Å². The molecule has 0 unspecified atom stereocenters. The first-order valence-corrected chi connectivity index (χ1v) is 8.49. The van der Waals surface area contributed by atoms with Gasteiger partial charge in [0.1, 0.15) is 13.2 Å². The highest BCUT2D eigenvalue weighted by molar-refractivity contribution is 5.69. The molecule has 1 saturated carbocycles. The predicted molar refractivity (Wildman–Crippen MR) is 85.0 cm³/mol. The Morgan fingerprint density at radius 1 is 0.870 bits per heavy atom. The maximum Gasteiger partial charge on any atom is 0.306 e. The SMILES string of the molecule is CC(=O)OCCOC1CCC(OCCOC(=O)CC(C)C)CC1. The molecule has 0 radical (unpaired) electrons. The Hall–Kier alpha value is -1.14. The fourth-order valence-electron chi connectivity index (χ4n) is 2.53. The number of hydrogen-bond acceptors (Lipinski definition) is 6. The van der Waals surface area contributed by atoms with Gasteiger partial charge in [-0.1, -0.05) is 13.8 Å². The lowest BCUT2D eigenvalue weighted by Crippen LogP contribution is -2.28. The van der Waals surface area contributed by atoms with Crippen LogP contribution in [-0.2, 0) is 28.5 Å². The molecule has 1 fully saturated rings. The van der Waals surface area contributed by atoms with Crippen LogP contribution in [0.2, 0.25) is 0 Å². The molecule has 0 amide bonds. The zero-order chi connectivity index (χ0) is 17.1. The summed E-state index contributed by atoms with van der Waals surface area (Å²) in [5.41, 5.74) is 0. The molecule has 0 aromatic carbocycles. The van der Waals surface area contributed by atoms with Crippen LogP contribution in [-0.4, -0.2) is 50.6 Å². The number of rotatable bonds is 10. The molecule has 0 saturated heterocycles. The largest absolute Gasteiger partial charge is 0.463 e. The lowest BCUT2D eigenvalue weighted by Gasteiger charge is -2.28. The Morgan fingerprint density at radius 2 is 1.35 bits per heavy atom. The van der Waals surface area contributed by atoms with Gasteiger partial charge in [-0.3, -0.25) is 9.59 Å². The molecule has 0 N–H and O–H groups in total. The highest BCUT2D eigenvalue weighted by Gasteiger charge is 2.22. The summed E-state index contributed by atoms with van der Waals surface area (Å²) in [6.45, 7) is 6.91. The second-order valence-corrected chi connectivity index (χ2v) is 6.30. The van der Waals surface area contributed by atoms with Gasteiger partial charge in [-0.15, -0.1) is 0 Å². The van der Waals surface area contributed by atoms with Gasteiger partial charge < -0.3 is 18.9 Å². The van der Waals surface area contributed by atoms with Gasteiger partial charge in [0.2, 0.25) is 0 Å². The number of hydrogen-bond donors (Lipinski definition) is 0. The van der Waals surface area contributed by atoms with E-state index in [-0.39, 0.29) is 24.1 Å². The molecule has 134 valence electrons. The summed E-state index contributed by atoms with van der Waals surface area (Å²) in [5, 5.41) is 0. The van der Waals surface area contributed by atoms with Crippen molar-refractivity contribution in [3.63, 3.8) is 0 Å². The Bertz CT molecular complexity index is 347. The molecule has 1 aliphatic carbocycles. The van der Waals surface area contributed by atoms with Gasteiger partial charge in [0.05, 0.1) is 25.4 Å².